The summed E-state index contributed by atoms with van der Waals surface area (Å²) in [7, 11) is 1.68. The van der Waals surface area contributed by atoms with Crippen molar-refractivity contribution < 1.29 is 142 Å². The van der Waals surface area contributed by atoms with Gasteiger partial charge >= 0.3 is 0 Å². The zero-order valence-corrected chi connectivity index (χ0v) is 61.3. The molecule has 7 heterocycles. The van der Waals surface area contributed by atoms with Crippen molar-refractivity contribution in [2.75, 3.05) is 291 Å². The van der Waals surface area contributed by atoms with Gasteiger partial charge in [-0.25, -0.2) is 0 Å². The first-order chi connectivity index (χ1) is 44.6. The van der Waals surface area contributed by atoms with Gasteiger partial charge in [-0.2, -0.15) is 0 Å². The van der Waals surface area contributed by atoms with Gasteiger partial charge in [0, 0.05) is 121 Å². The average Bonchev–Trinajstić information content (AvgIpc) is 1.14. The molecule has 92 heavy (non-hydrogen) atoms. The Labute approximate surface area is 580 Å². The van der Waals surface area contributed by atoms with E-state index in [1.54, 1.807) is 7.11 Å². The maximum atomic E-state index is 8.76. The van der Waals surface area contributed by atoms with Crippen molar-refractivity contribution in [2.45, 2.75) is 112 Å². The Kier molecular flexibility index (Phi) is 49.9. The molecule has 0 aromatic rings. The Balaban J connectivity index is 0.000000593. The molecule has 0 aromatic heterocycles. The van der Waals surface area contributed by atoms with Crippen LogP contribution in [-0.4, -0.2) is 301 Å². The molecule has 24 heteroatoms. The molecular formula is C68H130O23Y. The molecule has 0 bridgehead atoms. The number of aliphatic hydroxyl groups is 2. The first-order valence-corrected chi connectivity index (χ1v) is 34.8. The van der Waals surface area contributed by atoms with Crippen molar-refractivity contribution in [1.29, 1.82) is 0 Å². The Morgan fingerprint density at radius 2 is 0.424 bits per heavy atom. The van der Waals surface area contributed by atoms with Crippen molar-refractivity contribution >= 4 is 0 Å². The fraction of sp³-hybridized carbons (Fsp3) is 1.00. The van der Waals surface area contributed by atoms with Gasteiger partial charge in [0.05, 0.1) is 241 Å². The predicted octanol–water partition coefficient (Wildman–Crippen LogP) is 6.69. The maximum absolute atomic E-state index is 8.76. The van der Waals surface area contributed by atoms with Gasteiger partial charge in [0.2, 0.25) is 0 Å². The molecule has 1 radical (unpaired) electrons. The summed E-state index contributed by atoms with van der Waals surface area (Å²) in [5.41, 5.74) is 0.721. The van der Waals surface area contributed by atoms with Gasteiger partial charge in [0.25, 0.3) is 0 Å². The third-order valence-electron chi connectivity index (χ3n) is 18.1. The second-order valence-corrected chi connectivity index (χ2v) is 26.6. The van der Waals surface area contributed by atoms with E-state index in [4.69, 9.17) is 110 Å². The van der Waals surface area contributed by atoms with Gasteiger partial charge in [-0.3, -0.25) is 0 Å². The summed E-state index contributed by atoms with van der Waals surface area (Å²) in [4.78, 5) is 0. The van der Waals surface area contributed by atoms with Crippen molar-refractivity contribution in [3.63, 3.8) is 0 Å². The van der Waals surface area contributed by atoms with Crippen LogP contribution in [0.1, 0.15) is 112 Å². The van der Waals surface area contributed by atoms with Crippen LogP contribution in [0.2, 0.25) is 0 Å². The molecule has 2 N–H and O–H groups in total. The Hall–Kier alpha value is 0.184. The Morgan fingerprint density at radius 1 is 0.239 bits per heavy atom. The quantitative estimate of drug-likeness (QED) is 0.0604. The minimum absolute atomic E-state index is 0. The molecule has 0 atom stereocenters. The summed E-state index contributed by atoms with van der Waals surface area (Å²) in [5, 5.41) is 17.5. The van der Waals surface area contributed by atoms with Crippen molar-refractivity contribution in [1.82, 2.24) is 0 Å². The van der Waals surface area contributed by atoms with Crippen LogP contribution in [0.25, 0.3) is 0 Å². The number of unbranched alkanes of at least 4 members (excludes halogenated alkanes) is 4. The summed E-state index contributed by atoms with van der Waals surface area (Å²) in [6.45, 7) is 39.7. The molecule has 0 aromatic carbocycles. The summed E-state index contributed by atoms with van der Waals surface area (Å²) in [6.07, 6.45) is 12.1. The number of hydrogen-bond donors (Lipinski definition) is 2. The van der Waals surface area contributed by atoms with Crippen LogP contribution in [0, 0.1) is 37.9 Å². The molecule has 0 saturated carbocycles. The van der Waals surface area contributed by atoms with Crippen LogP contribution >= 0.6 is 0 Å². The summed E-state index contributed by atoms with van der Waals surface area (Å²) in [5.74, 6) is 0. The van der Waals surface area contributed by atoms with Crippen LogP contribution in [-0.2, 0) is 132 Å². The SMILES string of the molecule is CCC1(CO)COC1.CCC1(CO)COC1.CCC1(COCCCCOCCOCC2(COCCCCOCCOCC3(COCCCCOCCOCC4(COCCCCOCCOC)COC4)COC3)COC2)COC1.CCOCCOCC1(CC)COC1.[Y]. The molecule has 0 unspecified atom stereocenters. The van der Waals surface area contributed by atoms with E-state index >= 15 is 0 Å². The van der Waals surface area contributed by atoms with E-state index in [2.05, 4.69) is 27.7 Å². The minimum atomic E-state index is -0.0561. The smallest absolute Gasteiger partial charge is 0.0700 e. The van der Waals surface area contributed by atoms with Gasteiger partial charge in [0.15, 0.2) is 0 Å². The first-order valence-electron chi connectivity index (χ1n) is 34.8. The molecular weight excluding hydrogens is 1270 g/mol. The molecule has 7 saturated heterocycles. The van der Waals surface area contributed by atoms with E-state index in [-0.39, 0.29) is 78.4 Å². The maximum Gasteiger partial charge on any atom is 0.0700 e. The Bertz CT molecular complexity index is 1600. The van der Waals surface area contributed by atoms with Crippen molar-refractivity contribution in [2.24, 2.45) is 37.9 Å². The topological polar surface area (TPSA) is 234 Å². The van der Waals surface area contributed by atoms with Crippen molar-refractivity contribution in [3.8, 4) is 0 Å². The predicted molar refractivity (Wildman–Crippen MR) is 343 cm³/mol. The molecule has 7 aliphatic heterocycles. The second kappa shape index (κ2) is 53.1. The summed E-state index contributed by atoms with van der Waals surface area (Å²) in [6, 6.07) is 0. The van der Waals surface area contributed by atoms with Gasteiger partial charge in [-0.1, -0.05) is 27.7 Å². The molecule has 543 valence electrons. The summed E-state index contributed by atoms with van der Waals surface area (Å²) >= 11 is 0. The van der Waals surface area contributed by atoms with Crippen LogP contribution in [0.3, 0.4) is 0 Å². The molecule has 7 rings (SSSR count). The first kappa shape index (κ1) is 86.4. The van der Waals surface area contributed by atoms with E-state index in [1.807, 2.05) is 6.92 Å². The Morgan fingerprint density at radius 3 is 0.598 bits per heavy atom. The van der Waals surface area contributed by atoms with Gasteiger partial charge < -0.3 is 110 Å². The monoisotopic (exact) mass is 1400 g/mol. The van der Waals surface area contributed by atoms with Crippen LogP contribution in [0.5, 0.6) is 0 Å². The molecule has 7 fully saturated rings. The fourth-order valence-corrected chi connectivity index (χ4v) is 10.1. The number of hydrogen-bond acceptors (Lipinski definition) is 23. The van der Waals surface area contributed by atoms with Crippen molar-refractivity contribution in [3.05, 3.63) is 0 Å². The number of rotatable bonds is 58. The van der Waals surface area contributed by atoms with E-state index in [9.17, 15) is 0 Å². The van der Waals surface area contributed by atoms with Crippen LogP contribution in [0.15, 0.2) is 0 Å². The molecule has 0 aliphatic carbocycles. The van der Waals surface area contributed by atoms with Gasteiger partial charge in [-0.15, -0.1) is 0 Å². The molecule has 0 spiro atoms. The normalized spacial score (nSPS) is 20.2. The van der Waals surface area contributed by atoms with Crippen LogP contribution < -0.4 is 0 Å². The molecule has 0 amide bonds. The second-order valence-electron chi connectivity index (χ2n) is 26.6. The average molecular weight is 1400 g/mol. The van der Waals surface area contributed by atoms with Gasteiger partial charge in [-0.05, 0) is 84.0 Å². The molecule has 23 nitrogen and oxygen atoms in total. The van der Waals surface area contributed by atoms with E-state index in [0.717, 1.165) is 176 Å². The van der Waals surface area contributed by atoms with Gasteiger partial charge in [0.1, 0.15) is 0 Å². The minimum Gasteiger partial charge on any atom is -0.396 e. The molecule has 7 aliphatic rings. The van der Waals surface area contributed by atoms with E-state index in [0.29, 0.717) is 177 Å². The summed E-state index contributed by atoms with van der Waals surface area (Å²) < 4.78 is 117. The number of methoxy groups -OCH3 is 1. The zero-order chi connectivity index (χ0) is 65.2. The number of ether oxygens (including phenoxy) is 21. The third kappa shape index (κ3) is 35.5. The van der Waals surface area contributed by atoms with E-state index in [1.165, 1.54) is 0 Å². The third-order valence-corrected chi connectivity index (χ3v) is 18.1. The van der Waals surface area contributed by atoms with Crippen LogP contribution in [0.4, 0.5) is 0 Å². The number of aliphatic hydroxyl groups excluding tert-OH is 2. The largest absolute Gasteiger partial charge is 0.396 e. The standard InChI is InChI=1S/C46H86O16.C10H20O3.2C6H12O2.Y/c1-3-43(29-59-30-43)28-52-16-8-5-13-49-22-25-56-35-45(39-61-40-45)32-54-18-10-7-15-51-24-27-58-36-46(41-62-42-46)33-55-19-11-6-14-50-23-26-57-34-44(37-60-38-44)31-53-17-9-4-12-48-21-20-47-2;1-3-10(8-13-9-10)7-12-6-5-11-4-2;2*1-2-6(3-7)4-8-5-6;/h3-42H2,1-2H3;3-9H2,1-2H3;2*7H,2-5H2,1H3;. The van der Waals surface area contributed by atoms with E-state index < -0.39 is 0 Å². The fourth-order valence-electron chi connectivity index (χ4n) is 10.1. The zero-order valence-electron chi connectivity index (χ0n) is 58.4.